The second-order valence-electron chi connectivity index (χ2n) is 7.88. The van der Waals surface area contributed by atoms with Gasteiger partial charge in [-0.1, -0.05) is 6.07 Å². The van der Waals surface area contributed by atoms with Crippen LogP contribution in [0.15, 0.2) is 47.8 Å². The van der Waals surface area contributed by atoms with Crippen LogP contribution < -0.4 is 18.9 Å². The van der Waals surface area contributed by atoms with Crippen molar-refractivity contribution in [3.05, 3.63) is 69.4 Å². The normalized spacial score (nSPS) is 15.0. The molecule has 4 rings (SSSR count). The van der Waals surface area contributed by atoms with E-state index >= 15 is 0 Å². The molecule has 3 aromatic rings. The Labute approximate surface area is 198 Å². The Morgan fingerprint density at radius 1 is 0.970 bits per heavy atom. The summed E-state index contributed by atoms with van der Waals surface area (Å²) >= 11 is 1.66. The summed E-state index contributed by atoms with van der Waals surface area (Å²) in [6.45, 7) is 0.658. The maximum Gasteiger partial charge on any atom is 0.223 e. The SMILES string of the molecule is COc1cc(CCC(=O)N2CCc3cc(OC)c(OC)cc3C2c2cccs2)cc(OC)c1. The summed E-state index contributed by atoms with van der Waals surface area (Å²) in [6, 6.07) is 13.8. The van der Waals surface area contributed by atoms with Gasteiger partial charge < -0.3 is 23.8 Å². The number of ether oxygens (including phenoxy) is 4. The van der Waals surface area contributed by atoms with Crippen molar-refractivity contribution < 1.29 is 23.7 Å². The molecule has 0 radical (unpaired) electrons. The molecule has 33 heavy (non-hydrogen) atoms. The van der Waals surface area contributed by atoms with Crippen molar-refractivity contribution in [3.63, 3.8) is 0 Å². The number of hydrogen-bond acceptors (Lipinski definition) is 6. The van der Waals surface area contributed by atoms with Gasteiger partial charge in [0.2, 0.25) is 5.91 Å². The Bertz CT molecular complexity index is 1090. The van der Waals surface area contributed by atoms with E-state index in [0.29, 0.717) is 30.9 Å². The number of carbonyl (C=O) groups excluding carboxylic acids is 1. The zero-order chi connectivity index (χ0) is 23.4. The summed E-state index contributed by atoms with van der Waals surface area (Å²) in [5.74, 6) is 2.96. The first-order chi connectivity index (χ1) is 16.1. The number of amides is 1. The summed E-state index contributed by atoms with van der Waals surface area (Å²) in [5.41, 5.74) is 3.29. The number of methoxy groups -OCH3 is 4. The van der Waals surface area contributed by atoms with Crippen molar-refractivity contribution in [1.82, 2.24) is 4.90 Å². The summed E-state index contributed by atoms with van der Waals surface area (Å²) in [7, 11) is 6.54. The lowest BCUT2D eigenvalue weighted by Crippen LogP contribution is -2.40. The lowest BCUT2D eigenvalue weighted by atomic mass is 9.90. The van der Waals surface area contributed by atoms with Crippen LogP contribution in [0.25, 0.3) is 0 Å². The molecule has 6 nitrogen and oxygen atoms in total. The molecule has 1 unspecified atom stereocenters. The van der Waals surface area contributed by atoms with Gasteiger partial charge in [-0.25, -0.2) is 0 Å². The molecule has 2 heterocycles. The van der Waals surface area contributed by atoms with E-state index in [-0.39, 0.29) is 11.9 Å². The first-order valence-corrected chi connectivity index (χ1v) is 11.8. The Hall–Kier alpha value is -3.19. The van der Waals surface area contributed by atoms with Gasteiger partial charge in [-0.2, -0.15) is 0 Å². The third-order valence-corrected chi connectivity index (χ3v) is 6.97. The van der Waals surface area contributed by atoms with E-state index in [1.807, 2.05) is 41.3 Å². The number of hydrogen-bond donors (Lipinski definition) is 0. The number of thiophene rings is 1. The monoisotopic (exact) mass is 467 g/mol. The van der Waals surface area contributed by atoms with Crippen LogP contribution in [-0.4, -0.2) is 45.8 Å². The first kappa shape index (κ1) is 23.0. The molecule has 1 atom stereocenters. The highest BCUT2D eigenvalue weighted by Crippen LogP contribution is 2.42. The molecule has 174 valence electrons. The van der Waals surface area contributed by atoms with Crippen LogP contribution >= 0.6 is 11.3 Å². The highest BCUT2D eigenvalue weighted by atomic mass is 32.1. The van der Waals surface area contributed by atoms with Gasteiger partial charge in [0.25, 0.3) is 0 Å². The van der Waals surface area contributed by atoms with Crippen molar-refractivity contribution in [1.29, 1.82) is 0 Å². The predicted molar refractivity (Wildman–Crippen MR) is 129 cm³/mol. The van der Waals surface area contributed by atoms with E-state index in [0.717, 1.165) is 33.9 Å². The van der Waals surface area contributed by atoms with E-state index in [9.17, 15) is 4.79 Å². The minimum atomic E-state index is -0.138. The molecule has 7 heteroatoms. The first-order valence-electron chi connectivity index (χ1n) is 10.9. The molecule has 1 aliphatic rings. The molecule has 0 saturated carbocycles. The number of aryl methyl sites for hydroxylation is 1. The van der Waals surface area contributed by atoms with Crippen LogP contribution in [0.5, 0.6) is 23.0 Å². The van der Waals surface area contributed by atoms with Crippen LogP contribution in [0.1, 0.15) is 34.0 Å². The fraction of sp³-hybridized carbons (Fsp3) is 0.346. The summed E-state index contributed by atoms with van der Waals surface area (Å²) in [4.78, 5) is 16.6. The summed E-state index contributed by atoms with van der Waals surface area (Å²) < 4.78 is 21.8. The van der Waals surface area contributed by atoms with E-state index in [1.54, 1.807) is 39.8 Å². The predicted octanol–water partition coefficient (Wildman–Crippen LogP) is 4.89. The summed E-state index contributed by atoms with van der Waals surface area (Å²) in [6.07, 6.45) is 1.79. The van der Waals surface area contributed by atoms with Gasteiger partial charge >= 0.3 is 0 Å². The molecule has 0 bridgehead atoms. The van der Waals surface area contributed by atoms with Gasteiger partial charge in [-0.15, -0.1) is 11.3 Å². The van der Waals surface area contributed by atoms with Crippen molar-refractivity contribution in [3.8, 4) is 23.0 Å². The molecule has 0 fully saturated rings. The molecule has 0 spiro atoms. The van der Waals surface area contributed by atoms with Crippen LogP contribution in [0.3, 0.4) is 0 Å². The third kappa shape index (κ3) is 4.78. The van der Waals surface area contributed by atoms with Crippen molar-refractivity contribution in [2.75, 3.05) is 35.0 Å². The minimum Gasteiger partial charge on any atom is -0.497 e. The van der Waals surface area contributed by atoms with E-state index in [4.69, 9.17) is 18.9 Å². The van der Waals surface area contributed by atoms with Crippen LogP contribution in [-0.2, 0) is 17.6 Å². The molecule has 0 saturated heterocycles. The molecule has 1 amide bonds. The molecule has 1 aliphatic heterocycles. The number of benzene rings is 2. The van der Waals surface area contributed by atoms with Crippen LogP contribution in [0.2, 0.25) is 0 Å². The van der Waals surface area contributed by atoms with Gasteiger partial charge in [0.1, 0.15) is 11.5 Å². The standard InChI is InChI=1S/C26H29NO5S/c1-29-19-12-17(13-20(15-19)30-2)7-8-25(28)27-10-9-18-14-22(31-3)23(32-4)16-21(18)26(27)24-6-5-11-33-24/h5-6,11-16,26H,7-10H2,1-4H3. The van der Waals surface area contributed by atoms with Crippen LogP contribution in [0.4, 0.5) is 0 Å². The lowest BCUT2D eigenvalue weighted by Gasteiger charge is -2.37. The highest BCUT2D eigenvalue weighted by molar-refractivity contribution is 7.10. The molecule has 1 aromatic heterocycles. The average Bonchev–Trinajstić information content (AvgIpc) is 3.39. The molecule has 0 aliphatic carbocycles. The molecule has 0 N–H and O–H groups in total. The fourth-order valence-electron chi connectivity index (χ4n) is 4.37. The number of fused-ring (bicyclic) bond motifs is 1. The molecule has 2 aromatic carbocycles. The van der Waals surface area contributed by atoms with Gasteiger partial charge in [-0.05, 0) is 65.2 Å². The Balaban J connectivity index is 1.61. The second kappa shape index (κ2) is 10.2. The third-order valence-electron chi connectivity index (χ3n) is 6.05. The minimum absolute atomic E-state index is 0.121. The Kier molecular flexibility index (Phi) is 7.08. The van der Waals surface area contributed by atoms with Gasteiger partial charge in [-0.3, -0.25) is 4.79 Å². The Morgan fingerprint density at radius 3 is 2.27 bits per heavy atom. The van der Waals surface area contributed by atoms with E-state index in [1.165, 1.54) is 5.56 Å². The number of rotatable bonds is 8. The molecular formula is C26H29NO5S. The van der Waals surface area contributed by atoms with Crippen molar-refractivity contribution in [2.45, 2.75) is 25.3 Å². The fourth-order valence-corrected chi connectivity index (χ4v) is 5.23. The maximum atomic E-state index is 13.5. The average molecular weight is 468 g/mol. The smallest absolute Gasteiger partial charge is 0.223 e. The quantitative estimate of drug-likeness (QED) is 0.472. The number of carbonyl (C=O) groups is 1. The second-order valence-corrected chi connectivity index (χ2v) is 8.86. The van der Waals surface area contributed by atoms with E-state index < -0.39 is 0 Å². The van der Waals surface area contributed by atoms with E-state index in [2.05, 4.69) is 11.4 Å². The number of nitrogens with zero attached hydrogens (tertiary/aromatic N) is 1. The van der Waals surface area contributed by atoms with Crippen LogP contribution in [0, 0.1) is 0 Å². The lowest BCUT2D eigenvalue weighted by molar-refractivity contribution is -0.133. The van der Waals surface area contributed by atoms with Crippen molar-refractivity contribution in [2.24, 2.45) is 0 Å². The largest absolute Gasteiger partial charge is 0.497 e. The Morgan fingerprint density at radius 2 is 1.67 bits per heavy atom. The zero-order valence-corrected chi connectivity index (χ0v) is 20.2. The highest BCUT2D eigenvalue weighted by Gasteiger charge is 2.33. The summed E-state index contributed by atoms with van der Waals surface area (Å²) in [5, 5.41) is 2.05. The van der Waals surface area contributed by atoms with Gasteiger partial charge in [0.05, 0.1) is 34.5 Å². The zero-order valence-electron chi connectivity index (χ0n) is 19.4. The van der Waals surface area contributed by atoms with Gasteiger partial charge in [0.15, 0.2) is 11.5 Å². The maximum absolute atomic E-state index is 13.5. The molecular weight excluding hydrogens is 438 g/mol. The van der Waals surface area contributed by atoms with Crippen molar-refractivity contribution >= 4 is 17.2 Å². The topological polar surface area (TPSA) is 57.2 Å². The van der Waals surface area contributed by atoms with Gasteiger partial charge in [0, 0.05) is 23.9 Å².